The second-order valence-corrected chi connectivity index (χ2v) is 9.37. The molecule has 5 rings (SSSR count). The van der Waals surface area contributed by atoms with Crippen molar-refractivity contribution in [1.29, 1.82) is 5.26 Å². The lowest BCUT2D eigenvalue weighted by molar-refractivity contribution is -0.138. The molecule has 0 unspecified atom stereocenters. The van der Waals surface area contributed by atoms with Crippen LogP contribution in [-0.4, -0.2) is 23.8 Å². The Bertz CT molecular complexity index is 1730. The molecule has 2 heterocycles. The first-order valence-corrected chi connectivity index (χ1v) is 12.9. The molecule has 1 aliphatic heterocycles. The van der Waals surface area contributed by atoms with E-state index in [1.54, 1.807) is 35.8 Å². The van der Waals surface area contributed by atoms with E-state index in [0.29, 0.717) is 26.4 Å². The topological polar surface area (TPSA) is 93.7 Å². The molecule has 1 aliphatic rings. The van der Waals surface area contributed by atoms with Crippen molar-refractivity contribution in [3.8, 4) is 11.8 Å². The Morgan fingerprint density at radius 3 is 2.53 bits per heavy atom. The van der Waals surface area contributed by atoms with Crippen molar-refractivity contribution in [1.82, 2.24) is 4.57 Å². The van der Waals surface area contributed by atoms with Crippen LogP contribution < -0.4 is 19.6 Å². The average molecular weight is 522 g/mol. The third-order valence-electron chi connectivity index (χ3n) is 5.95. The molecule has 0 aliphatic carbocycles. The van der Waals surface area contributed by atoms with Gasteiger partial charge in [-0.2, -0.15) is 5.26 Å². The fraction of sp³-hybridized carbons (Fsp3) is 0.133. The maximum Gasteiger partial charge on any atom is 0.338 e. The minimum Gasteiger partial charge on any atom is -0.479 e. The number of fused-ring (bicyclic) bond motifs is 1. The molecule has 188 valence electrons. The summed E-state index contributed by atoms with van der Waals surface area (Å²) in [7, 11) is 0. The molecular formula is C30H23N3O4S. The van der Waals surface area contributed by atoms with Gasteiger partial charge in [-0.15, -0.1) is 0 Å². The van der Waals surface area contributed by atoms with Gasteiger partial charge in [-0.1, -0.05) is 84.1 Å². The van der Waals surface area contributed by atoms with E-state index in [1.807, 2.05) is 72.8 Å². The molecule has 3 aromatic carbocycles. The van der Waals surface area contributed by atoms with Gasteiger partial charge in [0.1, 0.15) is 11.8 Å². The third-order valence-corrected chi connectivity index (χ3v) is 6.93. The van der Waals surface area contributed by atoms with E-state index in [1.165, 1.54) is 11.3 Å². The number of ether oxygens (including phenoxy) is 2. The second-order valence-electron chi connectivity index (χ2n) is 8.36. The Labute approximate surface area is 222 Å². The van der Waals surface area contributed by atoms with Crippen molar-refractivity contribution >= 4 is 29.1 Å². The molecule has 0 N–H and O–H groups in total. The highest BCUT2D eigenvalue weighted by atomic mass is 32.1. The monoisotopic (exact) mass is 521 g/mol. The van der Waals surface area contributed by atoms with Gasteiger partial charge < -0.3 is 9.47 Å². The number of nitrogens with zero attached hydrogens (tertiary/aromatic N) is 3. The predicted octanol–water partition coefficient (Wildman–Crippen LogP) is 3.84. The highest BCUT2D eigenvalue weighted by molar-refractivity contribution is 7.07. The van der Waals surface area contributed by atoms with Crippen molar-refractivity contribution < 1.29 is 14.3 Å². The summed E-state index contributed by atoms with van der Waals surface area (Å²) in [5.74, 6) is 0.0202. The normalized spacial score (nSPS) is 14.8. The van der Waals surface area contributed by atoms with Gasteiger partial charge >= 0.3 is 5.97 Å². The van der Waals surface area contributed by atoms with Crippen LogP contribution >= 0.6 is 11.3 Å². The van der Waals surface area contributed by atoms with Crippen molar-refractivity contribution in [2.45, 2.75) is 13.0 Å². The Morgan fingerprint density at radius 1 is 1.08 bits per heavy atom. The van der Waals surface area contributed by atoms with E-state index >= 15 is 0 Å². The van der Waals surface area contributed by atoms with Crippen LogP contribution in [0.3, 0.4) is 0 Å². The fourth-order valence-electron chi connectivity index (χ4n) is 4.35. The summed E-state index contributed by atoms with van der Waals surface area (Å²) < 4.78 is 12.9. The van der Waals surface area contributed by atoms with Gasteiger partial charge in [0.15, 0.2) is 11.4 Å². The molecule has 1 atom stereocenters. The van der Waals surface area contributed by atoms with E-state index in [9.17, 15) is 9.59 Å². The van der Waals surface area contributed by atoms with E-state index in [-0.39, 0.29) is 18.8 Å². The molecule has 38 heavy (non-hydrogen) atoms. The lowest BCUT2D eigenvalue weighted by atomic mass is 9.93. The molecule has 0 spiro atoms. The molecular weight excluding hydrogens is 498 g/mol. The number of benzene rings is 3. The van der Waals surface area contributed by atoms with Gasteiger partial charge in [-0.05, 0) is 36.3 Å². The van der Waals surface area contributed by atoms with E-state index in [4.69, 9.17) is 19.7 Å². The van der Waals surface area contributed by atoms with Crippen LogP contribution in [0.1, 0.15) is 29.7 Å². The zero-order valence-corrected chi connectivity index (χ0v) is 21.4. The minimum absolute atomic E-state index is 0.0678. The zero-order chi connectivity index (χ0) is 26.5. The van der Waals surface area contributed by atoms with E-state index < -0.39 is 12.0 Å². The Hall–Kier alpha value is -4.74. The quantitative estimate of drug-likeness (QED) is 0.345. The first kappa shape index (κ1) is 24.9. The van der Waals surface area contributed by atoms with Gasteiger partial charge in [0, 0.05) is 5.56 Å². The highest BCUT2D eigenvalue weighted by Gasteiger charge is 2.35. The summed E-state index contributed by atoms with van der Waals surface area (Å²) in [6, 6.07) is 27.3. The molecule has 0 saturated heterocycles. The number of rotatable bonds is 7. The summed E-state index contributed by atoms with van der Waals surface area (Å²) in [5, 5.41) is 8.81. The number of thiazole rings is 1. The lowest BCUT2D eigenvalue weighted by Crippen LogP contribution is -2.39. The molecule has 1 aromatic heterocycles. The molecule has 7 nitrogen and oxygen atoms in total. The molecule has 8 heteroatoms. The summed E-state index contributed by atoms with van der Waals surface area (Å²) in [6.07, 6.45) is 1.77. The highest BCUT2D eigenvalue weighted by Crippen LogP contribution is 2.35. The van der Waals surface area contributed by atoms with Crippen LogP contribution in [0.15, 0.2) is 100 Å². The predicted molar refractivity (Wildman–Crippen MR) is 145 cm³/mol. The molecule has 0 radical (unpaired) electrons. The Balaban J connectivity index is 1.76. The molecule has 0 bridgehead atoms. The van der Waals surface area contributed by atoms with Crippen LogP contribution in [0.4, 0.5) is 0 Å². The van der Waals surface area contributed by atoms with Gasteiger partial charge in [-0.3, -0.25) is 9.36 Å². The van der Waals surface area contributed by atoms with Crippen LogP contribution in [0.2, 0.25) is 0 Å². The van der Waals surface area contributed by atoms with Gasteiger partial charge in [0.25, 0.3) is 5.56 Å². The third kappa shape index (κ3) is 4.92. The number of aromatic nitrogens is 1. The minimum atomic E-state index is -0.714. The fourth-order valence-corrected chi connectivity index (χ4v) is 5.35. The number of hydrogen-bond donors (Lipinski definition) is 0. The maximum atomic E-state index is 13.9. The summed E-state index contributed by atoms with van der Waals surface area (Å²) >= 11 is 1.25. The number of hydrogen-bond acceptors (Lipinski definition) is 7. The van der Waals surface area contributed by atoms with Gasteiger partial charge in [-0.25, -0.2) is 9.79 Å². The van der Waals surface area contributed by atoms with Gasteiger partial charge in [0.05, 0.1) is 28.5 Å². The maximum absolute atomic E-state index is 13.9. The zero-order valence-electron chi connectivity index (χ0n) is 20.5. The average Bonchev–Trinajstić information content (AvgIpc) is 3.26. The standard InChI is InChI=1S/C30H23N3O4S/c1-2-36-29(35)25-26(21-11-5-3-6-12-21)32-30-33(27(25)22-13-7-4-8-14-22)28(34)24(38-30)19-20-10-9-15-23(18-20)37-17-16-31/h3-15,18-19,27H,2,17H2,1H3/b24-19-/t27-/m1/s1. The van der Waals surface area contributed by atoms with Crippen molar-refractivity contribution in [2.75, 3.05) is 13.2 Å². The number of carbonyl (C=O) groups excluding carboxylic acids is 1. The van der Waals surface area contributed by atoms with Crippen molar-refractivity contribution in [3.63, 3.8) is 0 Å². The largest absolute Gasteiger partial charge is 0.479 e. The molecule has 4 aromatic rings. The van der Waals surface area contributed by atoms with Crippen LogP contribution in [0, 0.1) is 11.3 Å². The van der Waals surface area contributed by atoms with Crippen LogP contribution in [0.5, 0.6) is 5.75 Å². The number of nitriles is 1. The van der Waals surface area contributed by atoms with Crippen molar-refractivity contribution in [3.05, 3.63) is 127 Å². The van der Waals surface area contributed by atoms with Crippen LogP contribution in [-0.2, 0) is 9.53 Å². The lowest BCUT2D eigenvalue weighted by Gasteiger charge is -2.25. The molecule has 0 saturated carbocycles. The summed E-state index contributed by atoms with van der Waals surface area (Å²) in [6.45, 7) is 1.88. The Morgan fingerprint density at radius 2 is 1.82 bits per heavy atom. The summed E-state index contributed by atoms with van der Waals surface area (Å²) in [4.78, 5) is 32.6. The number of esters is 1. The van der Waals surface area contributed by atoms with E-state index in [0.717, 1.165) is 16.7 Å². The van der Waals surface area contributed by atoms with E-state index in [2.05, 4.69) is 0 Å². The smallest absolute Gasteiger partial charge is 0.338 e. The van der Waals surface area contributed by atoms with Crippen LogP contribution in [0.25, 0.3) is 11.8 Å². The first-order valence-electron chi connectivity index (χ1n) is 12.0. The number of carbonyl (C=O) groups is 1. The SMILES string of the molecule is CCOC(=O)C1=C(c2ccccc2)N=c2s/c(=C\c3cccc(OCC#N)c3)c(=O)n2[C@@H]1c1ccccc1. The second kappa shape index (κ2) is 11.1. The molecule has 0 amide bonds. The summed E-state index contributed by atoms with van der Waals surface area (Å²) in [5.41, 5.74) is 2.82. The van der Waals surface area contributed by atoms with Crippen molar-refractivity contribution in [2.24, 2.45) is 4.99 Å². The van der Waals surface area contributed by atoms with Gasteiger partial charge in [0.2, 0.25) is 0 Å². The molecule has 0 fully saturated rings. The Kier molecular flexibility index (Phi) is 7.29. The first-order chi connectivity index (χ1) is 18.6.